The van der Waals surface area contributed by atoms with Crippen molar-refractivity contribution in [3.8, 4) is 5.75 Å². The van der Waals surface area contributed by atoms with E-state index < -0.39 is 0 Å². The molecule has 0 fully saturated rings. The largest absolute Gasteiger partial charge is 0.497 e. The molecular formula is C23H22N2O3. The highest BCUT2D eigenvalue weighted by Crippen LogP contribution is 2.17. The number of nitrogens with one attached hydrogen (secondary N) is 2. The number of benzene rings is 3. The maximum absolute atomic E-state index is 12.4. The molecule has 0 unspecified atom stereocenters. The van der Waals surface area contributed by atoms with E-state index in [2.05, 4.69) is 10.6 Å². The minimum atomic E-state index is -0.246. The molecule has 2 amide bonds. The molecule has 0 radical (unpaired) electrons. The number of hydrogen-bond donors (Lipinski definition) is 2. The van der Waals surface area contributed by atoms with Crippen LogP contribution >= 0.6 is 0 Å². The molecule has 0 saturated carbocycles. The van der Waals surface area contributed by atoms with Gasteiger partial charge in [-0.1, -0.05) is 36.4 Å². The maximum Gasteiger partial charge on any atom is 0.255 e. The highest BCUT2D eigenvalue weighted by Gasteiger charge is 2.09. The van der Waals surface area contributed by atoms with Crippen LogP contribution in [0.5, 0.6) is 5.75 Å². The number of carbonyl (C=O) groups is 2. The number of hydrogen-bond acceptors (Lipinski definition) is 3. The molecule has 2 N–H and O–H groups in total. The molecule has 0 spiro atoms. The molecule has 0 atom stereocenters. The standard InChI is InChI=1S/C23H22N2O3/c1-28-21-9-5-8-20(16-21)25-23(27)19-12-10-18(11-13-19)22(26)24-15-14-17-6-3-2-4-7-17/h2-13,16H,14-15H2,1H3,(H,24,26)(H,25,27). The van der Waals surface area contributed by atoms with Crippen LogP contribution in [0.1, 0.15) is 26.3 Å². The van der Waals surface area contributed by atoms with E-state index in [1.165, 1.54) is 5.56 Å². The Hall–Kier alpha value is -3.60. The molecular weight excluding hydrogens is 352 g/mol. The van der Waals surface area contributed by atoms with Gasteiger partial charge in [-0.15, -0.1) is 0 Å². The van der Waals surface area contributed by atoms with E-state index in [9.17, 15) is 9.59 Å². The fraction of sp³-hybridized carbons (Fsp3) is 0.130. The molecule has 142 valence electrons. The summed E-state index contributed by atoms with van der Waals surface area (Å²) in [6.45, 7) is 0.556. The van der Waals surface area contributed by atoms with Crippen LogP contribution in [0.25, 0.3) is 0 Å². The van der Waals surface area contributed by atoms with Gasteiger partial charge in [0.05, 0.1) is 7.11 Å². The molecule has 0 aliphatic carbocycles. The molecule has 0 bridgehead atoms. The van der Waals surface area contributed by atoms with E-state index >= 15 is 0 Å². The summed E-state index contributed by atoms with van der Waals surface area (Å²) < 4.78 is 5.15. The van der Waals surface area contributed by atoms with Crippen LogP contribution in [0.15, 0.2) is 78.9 Å². The van der Waals surface area contributed by atoms with Crippen LogP contribution in [0.2, 0.25) is 0 Å². The van der Waals surface area contributed by atoms with Gasteiger partial charge in [-0.3, -0.25) is 9.59 Å². The SMILES string of the molecule is COc1cccc(NC(=O)c2ccc(C(=O)NCCc3ccccc3)cc2)c1. The first-order valence-corrected chi connectivity index (χ1v) is 9.03. The Morgan fingerprint density at radius 2 is 1.50 bits per heavy atom. The second kappa shape index (κ2) is 9.37. The van der Waals surface area contributed by atoms with Crippen molar-refractivity contribution < 1.29 is 14.3 Å². The summed E-state index contributed by atoms with van der Waals surface area (Å²) in [5, 5.41) is 5.71. The lowest BCUT2D eigenvalue weighted by atomic mass is 10.1. The number of rotatable bonds is 7. The van der Waals surface area contributed by atoms with Crippen LogP contribution in [0, 0.1) is 0 Å². The number of ether oxygens (including phenoxy) is 1. The first-order valence-electron chi connectivity index (χ1n) is 9.03. The smallest absolute Gasteiger partial charge is 0.255 e. The summed E-state index contributed by atoms with van der Waals surface area (Å²) in [6.07, 6.45) is 0.771. The van der Waals surface area contributed by atoms with Crippen LogP contribution in [0.4, 0.5) is 5.69 Å². The van der Waals surface area contributed by atoms with Crippen LogP contribution in [0.3, 0.4) is 0 Å². The van der Waals surface area contributed by atoms with Gasteiger partial charge < -0.3 is 15.4 Å². The highest BCUT2D eigenvalue weighted by molar-refractivity contribution is 6.05. The van der Waals surface area contributed by atoms with E-state index in [4.69, 9.17) is 4.74 Å². The molecule has 0 aliphatic rings. The monoisotopic (exact) mass is 374 g/mol. The molecule has 5 nitrogen and oxygen atoms in total. The Labute approximate surface area is 164 Å². The first kappa shape index (κ1) is 19.2. The van der Waals surface area contributed by atoms with Crippen molar-refractivity contribution in [1.29, 1.82) is 0 Å². The molecule has 0 saturated heterocycles. The van der Waals surface area contributed by atoms with Gasteiger partial charge in [-0.2, -0.15) is 0 Å². The fourth-order valence-corrected chi connectivity index (χ4v) is 2.74. The van der Waals surface area contributed by atoms with E-state index in [0.717, 1.165) is 6.42 Å². The predicted molar refractivity (Wildman–Crippen MR) is 110 cm³/mol. The Balaban J connectivity index is 1.54. The Morgan fingerprint density at radius 1 is 0.821 bits per heavy atom. The third-order valence-electron chi connectivity index (χ3n) is 4.28. The van der Waals surface area contributed by atoms with E-state index in [1.54, 1.807) is 55.6 Å². The number of anilines is 1. The normalized spacial score (nSPS) is 10.2. The Bertz CT molecular complexity index is 938. The molecule has 28 heavy (non-hydrogen) atoms. The van der Waals surface area contributed by atoms with Crippen molar-refractivity contribution in [3.63, 3.8) is 0 Å². The third-order valence-corrected chi connectivity index (χ3v) is 4.28. The number of amides is 2. The third kappa shape index (κ3) is 5.20. The van der Waals surface area contributed by atoms with Crippen molar-refractivity contribution in [2.45, 2.75) is 6.42 Å². The second-order valence-electron chi connectivity index (χ2n) is 6.25. The zero-order valence-corrected chi connectivity index (χ0v) is 15.6. The van der Waals surface area contributed by atoms with Crippen LogP contribution in [-0.2, 0) is 6.42 Å². The summed E-state index contributed by atoms with van der Waals surface area (Å²) >= 11 is 0. The van der Waals surface area contributed by atoms with Gasteiger partial charge >= 0.3 is 0 Å². The van der Waals surface area contributed by atoms with E-state index in [-0.39, 0.29) is 11.8 Å². The summed E-state index contributed by atoms with van der Waals surface area (Å²) in [5.74, 6) is 0.264. The van der Waals surface area contributed by atoms with E-state index in [0.29, 0.717) is 29.1 Å². The minimum absolute atomic E-state index is 0.157. The zero-order valence-electron chi connectivity index (χ0n) is 15.6. The van der Waals surface area contributed by atoms with Gasteiger partial charge in [0.15, 0.2) is 0 Å². The summed E-state index contributed by atoms with van der Waals surface area (Å²) in [6, 6.07) is 23.7. The Morgan fingerprint density at radius 3 is 2.18 bits per heavy atom. The van der Waals surface area contributed by atoms with Crippen molar-refractivity contribution in [2.24, 2.45) is 0 Å². The fourth-order valence-electron chi connectivity index (χ4n) is 2.74. The van der Waals surface area contributed by atoms with Gasteiger partial charge in [0.1, 0.15) is 5.75 Å². The molecule has 0 heterocycles. The number of carbonyl (C=O) groups excluding carboxylic acids is 2. The summed E-state index contributed by atoms with van der Waals surface area (Å²) in [4.78, 5) is 24.6. The average Bonchev–Trinajstić information content (AvgIpc) is 2.74. The van der Waals surface area contributed by atoms with Crippen molar-refractivity contribution in [1.82, 2.24) is 5.32 Å². The highest BCUT2D eigenvalue weighted by atomic mass is 16.5. The quantitative estimate of drug-likeness (QED) is 0.659. The lowest BCUT2D eigenvalue weighted by Crippen LogP contribution is -2.25. The molecule has 3 aromatic rings. The zero-order chi connectivity index (χ0) is 19.8. The lowest BCUT2D eigenvalue weighted by Gasteiger charge is -2.08. The van der Waals surface area contributed by atoms with Crippen LogP contribution in [-0.4, -0.2) is 25.5 Å². The maximum atomic E-state index is 12.4. The average molecular weight is 374 g/mol. The van der Waals surface area contributed by atoms with Crippen molar-refractivity contribution in [3.05, 3.63) is 95.6 Å². The van der Waals surface area contributed by atoms with Crippen molar-refractivity contribution in [2.75, 3.05) is 19.0 Å². The molecule has 0 aromatic heterocycles. The number of methoxy groups -OCH3 is 1. The van der Waals surface area contributed by atoms with Gasteiger partial charge in [0, 0.05) is 29.4 Å². The molecule has 3 rings (SSSR count). The summed E-state index contributed by atoms with van der Waals surface area (Å²) in [7, 11) is 1.57. The van der Waals surface area contributed by atoms with E-state index in [1.807, 2.05) is 30.3 Å². The van der Waals surface area contributed by atoms with Gasteiger partial charge in [0.2, 0.25) is 0 Å². The summed E-state index contributed by atoms with van der Waals surface area (Å²) in [5.41, 5.74) is 2.81. The lowest BCUT2D eigenvalue weighted by molar-refractivity contribution is 0.0952. The van der Waals surface area contributed by atoms with Crippen molar-refractivity contribution >= 4 is 17.5 Å². The molecule has 5 heteroatoms. The Kier molecular flexibility index (Phi) is 6.41. The predicted octanol–water partition coefficient (Wildman–Crippen LogP) is 3.92. The van der Waals surface area contributed by atoms with Crippen LogP contribution < -0.4 is 15.4 Å². The minimum Gasteiger partial charge on any atom is -0.497 e. The molecule has 0 aliphatic heterocycles. The first-order chi connectivity index (χ1) is 13.7. The second-order valence-corrected chi connectivity index (χ2v) is 6.25. The van der Waals surface area contributed by atoms with Gasteiger partial charge in [0.25, 0.3) is 11.8 Å². The topological polar surface area (TPSA) is 67.4 Å². The molecule has 3 aromatic carbocycles. The van der Waals surface area contributed by atoms with Gasteiger partial charge in [-0.25, -0.2) is 0 Å². The van der Waals surface area contributed by atoms with Gasteiger partial charge in [-0.05, 0) is 48.4 Å².